The van der Waals surface area contributed by atoms with Crippen LogP contribution in [-0.4, -0.2) is 55.0 Å². The van der Waals surface area contributed by atoms with Crippen molar-refractivity contribution >= 4 is 11.8 Å². The molecule has 0 spiro atoms. The Balaban J connectivity index is 1.13. The van der Waals surface area contributed by atoms with Crippen LogP contribution in [0.15, 0.2) is 41.8 Å². The van der Waals surface area contributed by atoms with Crippen molar-refractivity contribution in [1.82, 2.24) is 29.6 Å². The molecule has 33 heavy (non-hydrogen) atoms. The first-order valence-corrected chi connectivity index (χ1v) is 12.0. The van der Waals surface area contributed by atoms with Gasteiger partial charge in [-0.15, -0.1) is 10.2 Å². The van der Waals surface area contributed by atoms with Crippen molar-refractivity contribution in [3.63, 3.8) is 0 Å². The van der Waals surface area contributed by atoms with E-state index in [0.717, 1.165) is 72.1 Å². The predicted octanol–water partition coefficient (Wildman–Crippen LogP) is 4.36. The largest absolute Gasteiger partial charge is 0.433 e. The number of likely N-dealkylation sites (tertiary alicyclic amines) is 1. The van der Waals surface area contributed by atoms with E-state index in [0.29, 0.717) is 5.92 Å². The zero-order valence-corrected chi connectivity index (χ0v) is 19.3. The van der Waals surface area contributed by atoms with Gasteiger partial charge in [0.2, 0.25) is 0 Å². The summed E-state index contributed by atoms with van der Waals surface area (Å²) in [7, 11) is 1.97. The third kappa shape index (κ3) is 4.26. The van der Waals surface area contributed by atoms with E-state index in [1.54, 1.807) is 24.0 Å². The predicted molar refractivity (Wildman–Crippen MR) is 120 cm³/mol. The smallest absolute Gasteiger partial charge is 0.305 e. The van der Waals surface area contributed by atoms with Crippen molar-refractivity contribution in [2.24, 2.45) is 13.0 Å². The Bertz CT molecular complexity index is 1150. The van der Waals surface area contributed by atoms with Crippen LogP contribution in [0.3, 0.4) is 0 Å². The SMILES string of the molecule is Cc1ncccc1-c1nnc(SCCCN2CC3CC3(c3ccc(C(F)(F)F)nc3)C2)n1C. The highest BCUT2D eigenvalue weighted by Crippen LogP contribution is 2.58. The number of halogens is 3. The molecule has 4 heterocycles. The van der Waals surface area contributed by atoms with Crippen molar-refractivity contribution in [3.05, 3.63) is 53.6 Å². The van der Waals surface area contributed by atoms with Gasteiger partial charge in [-0.25, -0.2) is 0 Å². The molecule has 2 fully saturated rings. The number of rotatable bonds is 7. The maximum absolute atomic E-state index is 12.8. The van der Waals surface area contributed by atoms with Crippen LogP contribution in [0.5, 0.6) is 0 Å². The second-order valence-electron chi connectivity index (χ2n) is 8.93. The molecule has 0 bridgehead atoms. The van der Waals surface area contributed by atoms with Crippen LogP contribution in [0, 0.1) is 12.8 Å². The molecule has 0 aromatic carbocycles. The lowest BCUT2D eigenvalue weighted by molar-refractivity contribution is -0.141. The Labute approximate surface area is 194 Å². The molecule has 3 aromatic heterocycles. The quantitative estimate of drug-likeness (QED) is 0.375. The maximum atomic E-state index is 12.8. The molecule has 1 saturated heterocycles. The van der Waals surface area contributed by atoms with Gasteiger partial charge in [0, 0.05) is 55.0 Å². The lowest BCUT2D eigenvalue weighted by Gasteiger charge is -2.21. The minimum Gasteiger partial charge on any atom is -0.305 e. The van der Waals surface area contributed by atoms with Crippen LogP contribution in [-0.2, 0) is 18.6 Å². The lowest BCUT2D eigenvalue weighted by Crippen LogP contribution is -2.28. The van der Waals surface area contributed by atoms with Gasteiger partial charge in [-0.3, -0.25) is 9.97 Å². The van der Waals surface area contributed by atoms with Gasteiger partial charge >= 0.3 is 6.18 Å². The highest BCUT2D eigenvalue weighted by molar-refractivity contribution is 7.99. The molecule has 1 aliphatic carbocycles. The van der Waals surface area contributed by atoms with Gasteiger partial charge < -0.3 is 9.47 Å². The highest BCUT2D eigenvalue weighted by Gasteiger charge is 2.60. The van der Waals surface area contributed by atoms with Crippen molar-refractivity contribution in [2.75, 3.05) is 25.4 Å². The van der Waals surface area contributed by atoms with Gasteiger partial charge in [-0.2, -0.15) is 13.2 Å². The molecule has 1 aliphatic heterocycles. The average Bonchev–Trinajstić information content (AvgIpc) is 3.17. The molecule has 2 unspecified atom stereocenters. The number of fused-ring (bicyclic) bond motifs is 1. The minimum atomic E-state index is -4.39. The van der Waals surface area contributed by atoms with Gasteiger partial charge in [-0.1, -0.05) is 17.8 Å². The zero-order chi connectivity index (χ0) is 23.2. The van der Waals surface area contributed by atoms with Gasteiger partial charge in [0.15, 0.2) is 11.0 Å². The fraction of sp³-hybridized carbons (Fsp3) is 0.478. The number of nitrogens with zero attached hydrogens (tertiary/aromatic N) is 6. The number of aryl methyl sites for hydroxylation is 1. The first kappa shape index (κ1) is 22.3. The second kappa shape index (κ2) is 8.39. The third-order valence-corrected chi connectivity index (χ3v) is 7.88. The van der Waals surface area contributed by atoms with E-state index in [4.69, 9.17) is 0 Å². The summed E-state index contributed by atoms with van der Waals surface area (Å²) in [6.45, 7) is 4.82. The number of aromatic nitrogens is 5. The first-order chi connectivity index (χ1) is 15.8. The Morgan fingerprint density at radius 1 is 1.18 bits per heavy atom. The first-order valence-electron chi connectivity index (χ1n) is 11.0. The summed E-state index contributed by atoms with van der Waals surface area (Å²) in [5.41, 5.74) is 2.02. The number of piperidine rings is 1. The Kier molecular flexibility index (Phi) is 5.68. The summed E-state index contributed by atoms with van der Waals surface area (Å²) in [6, 6.07) is 6.63. The van der Waals surface area contributed by atoms with E-state index in [1.807, 2.05) is 30.7 Å². The molecule has 0 radical (unpaired) electrons. The maximum Gasteiger partial charge on any atom is 0.433 e. The normalized spacial score (nSPS) is 22.5. The summed E-state index contributed by atoms with van der Waals surface area (Å²) in [4.78, 5) is 10.4. The lowest BCUT2D eigenvalue weighted by atomic mass is 9.96. The topological polar surface area (TPSA) is 59.7 Å². The summed E-state index contributed by atoms with van der Waals surface area (Å²) >= 11 is 1.69. The van der Waals surface area contributed by atoms with E-state index in [-0.39, 0.29) is 5.41 Å². The highest BCUT2D eigenvalue weighted by atomic mass is 32.2. The van der Waals surface area contributed by atoms with Crippen LogP contribution in [0.1, 0.15) is 29.8 Å². The molecule has 0 N–H and O–H groups in total. The van der Waals surface area contributed by atoms with Crippen molar-refractivity contribution in [1.29, 1.82) is 0 Å². The van der Waals surface area contributed by atoms with E-state index in [2.05, 4.69) is 25.1 Å². The van der Waals surface area contributed by atoms with Gasteiger partial charge in [0.05, 0.1) is 0 Å². The molecule has 3 aromatic rings. The van der Waals surface area contributed by atoms with Crippen LogP contribution in [0.25, 0.3) is 11.4 Å². The van der Waals surface area contributed by atoms with E-state index >= 15 is 0 Å². The van der Waals surface area contributed by atoms with Crippen LogP contribution in [0.4, 0.5) is 13.2 Å². The average molecular weight is 475 g/mol. The van der Waals surface area contributed by atoms with Crippen molar-refractivity contribution in [3.8, 4) is 11.4 Å². The Hall–Kier alpha value is -2.46. The number of pyridine rings is 2. The zero-order valence-electron chi connectivity index (χ0n) is 18.5. The van der Waals surface area contributed by atoms with Gasteiger partial charge in [0.25, 0.3) is 0 Å². The fourth-order valence-electron chi connectivity index (χ4n) is 4.91. The van der Waals surface area contributed by atoms with Crippen molar-refractivity contribution < 1.29 is 13.2 Å². The molecule has 2 aliphatic rings. The molecule has 5 rings (SSSR count). The minimum absolute atomic E-state index is 0.00958. The van der Waals surface area contributed by atoms with E-state index < -0.39 is 11.9 Å². The Morgan fingerprint density at radius 2 is 2.03 bits per heavy atom. The summed E-state index contributed by atoms with van der Waals surface area (Å²) in [6.07, 6.45) is 0.857. The van der Waals surface area contributed by atoms with E-state index in [1.165, 1.54) is 6.20 Å². The third-order valence-electron chi connectivity index (χ3n) is 6.78. The molecule has 2 atom stereocenters. The molecule has 10 heteroatoms. The fourth-order valence-corrected chi connectivity index (χ4v) is 5.74. The van der Waals surface area contributed by atoms with Gasteiger partial charge in [-0.05, 0) is 56.0 Å². The van der Waals surface area contributed by atoms with Crippen LogP contribution in [0.2, 0.25) is 0 Å². The van der Waals surface area contributed by atoms with Crippen LogP contribution < -0.4 is 0 Å². The van der Waals surface area contributed by atoms with Gasteiger partial charge in [0.1, 0.15) is 5.69 Å². The molecule has 174 valence electrons. The number of hydrogen-bond acceptors (Lipinski definition) is 6. The molecule has 0 amide bonds. The summed E-state index contributed by atoms with van der Waals surface area (Å²) in [5, 5.41) is 9.57. The molecule has 6 nitrogen and oxygen atoms in total. The monoisotopic (exact) mass is 474 g/mol. The van der Waals surface area contributed by atoms with Crippen LogP contribution >= 0.6 is 11.8 Å². The summed E-state index contributed by atoms with van der Waals surface area (Å²) < 4.78 is 40.4. The molecular weight excluding hydrogens is 449 g/mol. The number of alkyl halides is 3. The second-order valence-corrected chi connectivity index (χ2v) is 9.99. The standard InChI is InChI=1S/C23H25F3N6S/c1-15-18(5-3-8-27-15)20-29-30-21(31(20)2)33-10-4-9-32-13-17-11-22(17,14-32)16-6-7-19(28-12-16)23(24,25)26/h3,5-8,12,17H,4,9-11,13-14H2,1-2H3. The van der Waals surface area contributed by atoms with Crippen molar-refractivity contribution in [2.45, 2.75) is 36.5 Å². The van der Waals surface area contributed by atoms with E-state index in [9.17, 15) is 13.2 Å². The number of hydrogen-bond donors (Lipinski definition) is 0. The number of thioether (sulfide) groups is 1. The Morgan fingerprint density at radius 3 is 2.76 bits per heavy atom. The molecule has 1 saturated carbocycles. The summed E-state index contributed by atoms with van der Waals surface area (Å²) in [5.74, 6) is 2.26. The molecular formula is C23H25F3N6S.